The summed E-state index contributed by atoms with van der Waals surface area (Å²) in [5.41, 5.74) is 3.82. The van der Waals surface area contributed by atoms with E-state index in [0.717, 1.165) is 28.9 Å². The molecule has 174 valence electrons. The smallest absolute Gasteiger partial charge is 0.402 e. The molecule has 1 fully saturated rings. The molecule has 2 aromatic rings. The van der Waals surface area contributed by atoms with Gasteiger partial charge in [0.05, 0.1) is 27.3 Å². The number of fused-ring (bicyclic) bond motifs is 3. The molecule has 1 unspecified atom stereocenters. The van der Waals surface area contributed by atoms with Gasteiger partial charge in [-0.05, 0) is 38.5 Å². The van der Waals surface area contributed by atoms with Crippen LogP contribution in [0.4, 0.5) is 10.7 Å². The highest BCUT2D eigenvalue weighted by Crippen LogP contribution is 2.35. The Kier molecular flexibility index (Phi) is 5.73. The number of aryl methyl sites for hydroxylation is 1. The van der Waals surface area contributed by atoms with E-state index in [4.69, 9.17) is 14.5 Å². The second-order valence-corrected chi connectivity index (χ2v) is 8.53. The van der Waals surface area contributed by atoms with Crippen LogP contribution in [0.15, 0.2) is 35.3 Å². The summed E-state index contributed by atoms with van der Waals surface area (Å²) < 4.78 is 14.8. The number of rotatable bonds is 7. The molecule has 9 nitrogen and oxygen atoms in total. The lowest BCUT2D eigenvalue weighted by molar-refractivity contribution is -0.688. The molecule has 1 atom stereocenters. The first-order valence-corrected chi connectivity index (χ1v) is 10.8. The Morgan fingerprint density at radius 2 is 1.88 bits per heavy atom. The van der Waals surface area contributed by atoms with E-state index in [-0.39, 0.29) is 18.5 Å². The maximum Gasteiger partial charge on any atom is 0.402 e. The van der Waals surface area contributed by atoms with Gasteiger partial charge < -0.3 is 9.47 Å². The fourth-order valence-corrected chi connectivity index (χ4v) is 4.46. The average Bonchev–Trinajstić information content (AvgIpc) is 3.29. The van der Waals surface area contributed by atoms with E-state index in [0.29, 0.717) is 29.8 Å². The van der Waals surface area contributed by atoms with Crippen molar-refractivity contribution in [2.24, 2.45) is 4.99 Å². The van der Waals surface area contributed by atoms with Crippen molar-refractivity contribution in [1.82, 2.24) is 14.4 Å². The number of imidazole rings is 1. The molecule has 0 bridgehead atoms. The number of aliphatic imine (C=N–C) groups is 1. The first-order valence-electron chi connectivity index (χ1n) is 10.8. The van der Waals surface area contributed by atoms with Crippen LogP contribution in [-0.4, -0.2) is 60.0 Å². The van der Waals surface area contributed by atoms with Gasteiger partial charge in [0.2, 0.25) is 11.9 Å². The van der Waals surface area contributed by atoms with E-state index in [1.165, 1.54) is 9.80 Å². The normalized spacial score (nSPS) is 17.2. The van der Waals surface area contributed by atoms with Crippen LogP contribution in [0, 0.1) is 13.8 Å². The first-order chi connectivity index (χ1) is 15.7. The summed E-state index contributed by atoms with van der Waals surface area (Å²) in [5, 5.41) is 0. The third-order valence-electron chi connectivity index (χ3n) is 6.33. The van der Waals surface area contributed by atoms with Crippen LogP contribution < -0.4 is 14.0 Å². The molecule has 9 heteroatoms. The summed E-state index contributed by atoms with van der Waals surface area (Å²) in [7, 11) is 4.90. The Bertz CT molecular complexity index is 1200. The predicted octanol–water partition coefficient (Wildman–Crippen LogP) is 2.71. The van der Waals surface area contributed by atoms with Crippen LogP contribution in [0.3, 0.4) is 0 Å². The lowest BCUT2D eigenvalue weighted by Crippen LogP contribution is -2.58. The fraction of sp³-hybridized carbons (Fsp3) is 0.417. The largest absolute Gasteiger partial charge is 0.493 e. The van der Waals surface area contributed by atoms with Gasteiger partial charge in [-0.15, -0.1) is 0 Å². The van der Waals surface area contributed by atoms with Gasteiger partial charge in [0.25, 0.3) is 5.91 Å². The number of ether oxygens (including phenoxy) is 2. The molecule has 2 aliphatic heterocycles. The van der Waals surface area contributed by atoms with Gasteiger partial charge in [-0.3, -0.25) is 14.6 Å². The SMILES string of the molecule is C=C(C)CN1C(=O)C2C(=Nc3n2c(C)c(C)[n+]3CCc2ccc(OC)c(OC)c2)N(C)C1=O. The Morgan fingerprint density at radius 1 is 1.18 bits per heavy atom. The monoisotopic (exact) mass is 452 g/mol. The molecule has 1 aromatic heterocycles. The van der Waals surface area contributed by atoms with E-state index < -0.39 is 6.04 Å². The summed E-state index contributed by atoms with van der Waals surface area (Å²) in [6.45, 7) is 10.5. The number of nitrogens with zero attached hydrogens (tertiary/aromatic N) is 5. The highest BCUT2D eigenvalue weighted by Gasteiger charge is 2.54. The van der Waals surface area contributed by atoms with Crippen molar-refractivity contribution in [1.29, 1.82) is 0 Å². The summed E-state index contributed by atoms with van der Waals surface area (Å²) in [4.78, 5) is 33.6. The van der Waals surface area contributed by atoms with Crippen LogP contribution in [0.25, 0.3) is 0 Å². The quantitative estimate of drug-likeness (QED) is 0.478. The fourth-order valence-electron chi connectivity index (χ4n) is 4.46. The molecule has 1 saturated heterocycles. The summed E-state index contributed by atoms with van der Waals surface area (Å²) >= 11 is 0. The first kappa shape index (κ1) is 22.6. The maximum atomic E-state index is 13.3. The van der Waals surface area contributed by atoms with Gasteiger partial charge in [-0.25, -0.2) is 13.9 Å². The molecule has 3 amide bonds. The Labute approximate surface area is 193 Å². The number of likely N-dealkylation sites (N-methyl/N-ethyl adjacent to an activating group) is 1. The van der Waals surface area contributed by atoms with Gasteiger partial charge >= 0.3 is 12.0 Å². The molecule has 33 heavy (non-hydrogen) atoms. The molecular formula is C24H30N5O4+. The number of imide groups is 1. The minimum atomic E-state index is -0.650. The highest BCUT2D eigenvalue weighted by molar-refractivity contribution is 6.20. The van der Waals surface area contributed by atoms with Crippen LogP contribution in [0.1, 0.15) is 29.9 Å². The second-order valence-electron chi connectivity index (χ2n) is 8.53. The Morgan fingerprint density at radius 3 is 2.52 bits per heavy atom. The van der Waals surface area contributed by atoms with Crippen molar-refractivity contribution in [2.45, 2.75) is 39.8 Å². The summed E-state index contributed by atoms with van der Waals surface area (Å²) in [5.74, 6) is 2.23. The van der Waals surface area contributed by atoms with Crippen LogP contribution >= 0.6 is 0 Å². The number of benzene rings is 1. The van der Waals surface area contributed by atoms with Gasteiger partial charge in [-0.2, -0.15) is 0 Å². The van der Waals surface area contributed by atoms with Crippen LogP contribution in [0.2, 0.25) is 0 Å². The average molecular weight is 453 g/mol. The topological polar surface area (TPSA) is 80.3 Å². The molecule has 1 aromatic carbocycles. The predicted molar refractivity (Wildman–Crippen MR) is 123 cm³/mol. The number of amides is 3. The van der Waals surface area contributed by atoms with Gasteiger partial charge in [0.1, 0.15) is 11.4 Å². The van der Waals surface area contributed by atoms with E-state index in [2.05, 4.69) is 11.1 Å². The summed E-state index contributed by atoms with van der Waals surface area (Å²) in [6, 6.07) is 4.84. The van der Waals surface area contributed by atoms with Crippen molar-refractivity contribution < 1.29 is 23.6 Å². The standard InChI is InChI=1S/C24H30N5O4/c1-14(2)13-28-22(30)20-21(26(5)24(28)31)25-23-27(15(3)16(4)29(20)23)11-10-17-8-9-18(32-6)19(12-17)33-7/h8-9,12,20H,1,10-11,13H2,2-7H3/q+1. The third kappa shape index (κ3) is 3.57. The maximum absolute atomic E-state index is 13.3. The summed E-state index contributed by atoms with van der Waals surface area (Å²) in [6.07, 6.45) is 0.738. The lowest BCUT2D eigenvalue weighted by atomic mass is 10.1. The number of carbonyl (C=O) groups excluding carboxylic acids is 2. The molecule has 3 heterocycles. The van der Waals surface area contributed by atoms with E-state index in [9.17, 15) is 9.59 Å². The minimum absolute atomic E-state index is 0.194. The second kappa shape index (κ2) is 8.38. The third-order valence-corrected chi connectivity index (χ3v) is 6.33. The van der Waals surface area contributed by atoms with E-state index in [1.54, 1.807) is 28.2 Å². The van der Waals surface area contributed by atoms with Crippen LogP contribution in [-0.2, 0) is 17.8 Å². The minimum Gasteiger partial charge on any atom is -0.493 e. The van der Waals surface area contributed by atoms with Crippen molar-refractivity contribution in [3.05, 3.63) is 47.3 Å². The van der Waals surface area contributed by atoms with Crippen molar-refractivity contribution >= 4 is 23.7 Å². The molecule has 4 rings (SSSR count). The van der Waals surface area contributed by atoms with Crippen LogP contribution in [0.5, 0.6) is 11.5 Å². The molecular weight excluding hydrogens is 422 g/mol. The zero-order valence-electron chi connectivity index (χ0n) is 20.0. The number of hydrogen-bond acceptors (Lipinski definition) is 5. The van der Waals surface area contributed by atoms with Crippen molar-refractivity contribution in [3.63, 3.8) is 0 Å². The molecule has 0 aliphatic carbocycles. The van der Waals surface area contributed by atoms with Gasteiger partial charge in [-0.1, -0.05) is 23.2 Å². The molecule has 0 N–H and O–H groups in total. The number of amidine groups is 1. The molecule has 0 spiro atoms. The number of hydrogen-bond donors (Lipinski definition) is 0. The zero-order valence-corrected chi connectivity index (χ0v) is 20.0. The van der Waals surface area contributed by atoms with Gasteiger partial charge in [0, 0.05) is 13.5 Å². The molecule has 0 saturated carbocycles. The van der Waals surface area contributed by atoms with Gasteiger partial charge in [0.15, 0.2) is 11.5 Å². The molecule has 0 radical (unpaired) electrons. The van der Waals surface area contributed by atoms with E-state index in [1.807, 2.05) is 36.6 Å². The Balaban J connectivity index is 1.68. The highest BCUT2D eigenvalue weighted by atomic mass is 16.5. The number of methoxy groups -OCH3 is 2. The lowest BCUT2D eigenvalue weighted by Gasteiger charge is -2.33. The molecule has 2 aliphatic rings. The van der Waals surface area contributed by atoms with E-state index >= 15 is 0 Å². The Hall–Kier alpha value is -3.62. The van der Waals surface area contributed by atoms with Crippen molar-refractivity contribution in [3.8, 4) is 11.5 Å². The van der Waals surface area contributed by atoms with Crippen molar-refractivity contribution in [2.75, 3.05) is 27.8 Å². The number of urea groups is 1. The number of aromatic nitrogens is 2. The zero-order chi connectivity index (χ0) is 24.0. The number of carbonyl (C=O) groups is 2.